The zero-order valence-corrected chi connectivity index (χ0v) is 7.64. The number of carbonyl (C=O) groups is 3. The van der Waals surface area contributed by atoms with Crippen LogP contribution in [0.3, 0.4) is 0 Å². The first-order valence-corrected chi connectivity index (χ1v) is 3.81. The molecule has 80 valence electrons. The van der Waals surface area contributed by atoms with E-state index in [1.54, 1.807) is 0 Å². The largest absolute Gasteiger partial charge is 0.480 e. The number of nitrogens with zero attached hydrogens (tertiary/aromatic N) is 1. The standard InChI is InChI=1S/C7H12N2O5/c1-4(7(13)14)9(2-5(8)10)3-6(11)12/h4H,2-3H2,1H3,(H2,8,10)(H,11,12)(H,13,14)/t4-/m0/s1. The zero-order valence-electron chi connectivity index (χ0n) is 7.64. The normalized spacial score (nSPS) is 12.4. The predicted octanol–water partition coefficient (Wildman–Crippen LogP) is -1.67. The lowest BCUT2D eigenvalue weighted by Crippen LogP contribution is -2.46. The summed E-state index contributed by atoms with van der Waals surface area (Å²) in [7, 11) is 0. The van der Waals surface area contributed by atoms with Crippen LogP contribution in [-0.2, 0) is 14.4 Å². The second kappa shape index (κ2) is 5.18. The van der Waals surface area contributed by atoms with E-state index in [1.807, 2.05) is 0 Å². The fourth-order valence-corrected chi connectivity index (χ4v) is 0.860. The zero-order chi connectivity index (χ0) is 11.3. The van der Waals surface area contributed by atoms with Crippen molar-refractivity contribution in [3.05, 3.63) is 0 Å². The lowest BCUT2D eigenvalue weighted by molar-refractivity contribution is -0.146. The number of aliphatic carboxylic acids is 2. The Morgan fingerprint density at radius 1 is 1.29 bits per heavy atom. The highest BCUT2D eigenvalue weighted by Crippen LogP contribution is 1.98. The van der Waals surface area contributed by atoms with Gasteiger partial charge in [0, 0.05) is 0 Å². The Bertz CT molecular complexity index is 236. The van der Waals surface area contributed by atoms with Gasteiger partial charge in [-0.25, -0.2) is 0 Å². The number of rotatable bonds is 6. The van der Waals surface area contributed by atoms with E-state index >= 15 is 0 Å². The highest BCUT2D eigenvalue weighted by atomic mass is 16.4. The fraction of sp³-hybridized carbons (Fsp3) is 0.571. The first kappa shape index (κ1) is 12.4. The van der Waals surface area contributed by atoms with Crippen molar-refractivity contribution in [3.63, 3.8) is 0 Å². The molecule has 0 aromatic rings. The van der Waals surface area contributed by atoms with Crippen LogP contribution in [0, 0.1) is 0 Å². The second-order valence-electron chi connectivity index (χ2n) is 2.78. The third kappa shape index (κ3) is 4.41. The van der Waals surface area contributed by atoms with E-state index in [4.69, 9.17) is 15.9 Å². The first-order valence-electron chi connectivity index (χ1n) is 3.81. The molecule has 14 heavy (non-hydrogen) atoms. The van der Waals surface area contributed by atoms with E-state index in [9.17, 15) is 14.4 Å². The van der Waals surface area contributed by atoms with Crippen molar-refractivity contribution in [1.29, 1.82) is 0 Å². The summed E-state index contributed by atoms with van der Waals surface area (Å²) in [5.74, 6) is -3.17. The van der Waals surface area contributed by atoms with E-state index in [2.05, 4.69) is 0 Å². The van der Waals surface area contributed by atoms with Gasteiger partial charge < -0.3 is 15.9 Å². The molecule has 0 fully saturated rings. The van der Waals surface area contributed by atoms with Crippen LogP contribution >= 0.6 is 0 Å². The van der Waals surface area contributed by atoms with E-state index in [0.717, 1.165) is 4.90 Å². The van der Waals surface area contributed by atoms with Crippen molar-refractivity contribution in [3.8, 4) is 0 Å². The maximum absolute atomic E-state index is 10.5. The number of amides is 1. The van der Waals surface area contributed by atoms with Gasteiger partial charge in [0.15, 0.2) is 0 Å². The van der Waals surface area contributed by atoms with Crippen LogP contribution in [0.2, 0.25) is 0 Å². The number of carbonyl (C=O) groups excluding carboxylic acids is 1. The molecular formula is C7H12N2O5. The van der Waals surface area contributed by atoms with Crippen LogP contribution < -0.4 is 5.73 Å². The SMILES string of the molecule is C[C@@H](C(=O)O)N(CC(N)=O)CC(=O)O. The number of nitrogens with two attached hydrogens (primary N) is 1. The first-order chi connectivity index (χ1) is 6.34. The summed E-state index contributed by atoms with van der Waals surface area (Å²) in [5.41, 5.74) is 4.84. The molecule has 0 saturated heterocycles. The smallest absolute Gasteiger partial charge is 0.320 e. The average Bonchev–Trinajstić information content (AvgIpc) is 1.99. The number of hydrogen-bond acceptors (Lipinski definition) is 4. The Morgan fingerprint density at radius 2 is 1.79 bits per heavy atom. The number of primary amides is 1. The van der Waals surface area contributed by atoms with Gasteiger partial charge in [0.05, 0.1) is 13.1 Å². The monoisotopic (exact) mass is 204 g/mol. The van der Waals surface area contributed by atoms with Gasteiger partial charge in [-0.05, 0) is 6.92 Å². The fourth-order valence-electron chi connectivity index (χ4n) is 0.860. The van der Waals surface area contributed by atoms with Crippen LogP contribution in [0.15, 0.2) is 0 Å². The van der Waals surface area contributed by atoms with E-state index in [-0.39, 0.29) is 6.54 Å². The lowest BCUT2D eigenvalue weighted by Gasteiger charge is -2.22. The summed E-state index contributed by atoms with van der Waals surface area (Å²) in [4.78, 5) is 32.3. The van der Waals surface area contributed by atoms with Crippen molar-refractivity contribution in [2.45, 2.75) is 13.0 Å². The van der Waals surface area contributed by atoms with E-state index in [0.29, 0.717) is 0 Å². The molecule has 0 bridgehead atoms. The van der Waals surface area contributed by atoms with Gasteiger partial charge in [0.2, 0.25) is 5.91 Å². The van der Waals surface area contributed by atoms with Crippen molar-refractivity contribution in [2.24, 2.45) is 5.73 Å². The van der Waals surface area contributed by atoms with Crippen molar-refractivity contribution < 1.29 is 24.6 Å². The summed E-state index contributed by atoms with van der Waals surface area (Å²) in [5, 5.41) is 17.0. The molecule has 0 aliphatic heterocycles. The molecule has 7 heteroatoms. The molecule has 0 unspecified atom stereocenters. The molecule has 0 aromatic heterocycles. The van der Waals surface area contributed by atoms with Crippen LogP contribution in [0.5, 0.6) is 0 Å². The van der Waals surface area contributed by atoms with Gasteiger partial charge >= 0.3 is 11.9 Å². The van der Waals surface area contributed by atoms with Crippen molar-refractivity contribution in [2.75, 3.05) is 13.1 Å². The Kier molecular flexibility index (Phi) is 4.57. The molecule has 7 nitrogen and oxygen atoms in total. The minimum atomic E-state index is -1.21. The van der Waals surface area contributed by atoms with Gasteiger partial charge in [-0.15, -0.1) is 0 Å². The molecule has 0 aromatic carbocycles. The Morgan fingerprint density at radius 3 is 2.07 bits per heavy atom. The Labute approximate surface area is 80.1 Å². The molecular weight excluding hydrogens is 192 g/mol. The summed E-state index contributed by atoms with van der Waals surface area (Å²) >= 11 is 0. The lowest BCUT2D eigenvalue weighted by atomic mass is 10.3. The summed E-state index contributed by atoms with van der Waals surface area (Å²) in [6.45, 7) is 0.365. The third-order valence-electron chi connectivity index (χ3n) is 1.60. The topological polar surface area (TPSA) is 121 Å². The van der Waals surface area contributed by atoms with Gasteiger partial charge in [0.25, 0.3) is 0 Å². The minimum absolute atomic E-state index is 0.389. The molecule has 0 heterocycles. The number of hydrogen-bond donors (Lipinski definition) is 3. The van der Waals surface area contributed by atoms with Crippen molar-refractivity contribution in [1.82, 2.24) is 4.90 Å². The highest BCUT2D eigenvalue weighted by molar-refractivity contribution is 5.80. The van der Waals surface area contributed by atoms with Crippen LogP contribution in [0.25, 0.3) is 0 Å². The van der Waals surface area contributed by atoms with Gasteiger partial charge in [-0.1, -0.05) is 0 Å². The second-order valence-corrected chi connectivity index (χ2v) is 2.78. The van der Waals surface area contributed by atoms with Gasteiger partial charge in [-0.3, -0.25) is 19.3 Å². The molecule has 4 N–H and O–H groups in total. The maximum atomic E-state index is 10.5. The van der Waals surface area contributed by atoms with Gasteiger partial charge in [0.1, 0.15) is 6.04 Å². The predicted molar refractivity (Wildman–Crippen MR) is 45.5 cm³/mol. The van der Waals surface area contributed by atoms with Crippen LogP contribution in [-0.4, -0.2) is 52.1 Å². The van der Waals surface area contributed by atoms with E-state index in [1.165, 1.54) is 6.92 Å². The van der Waals surface area contributed by atoms with E-state index < -0.39 is 30.4 Å². The van der Waals surface area contributed by atoms with Crippen LogP contribution in [0.1, 0.15) is 6.92 Å². The summed E-state index contributed by atoms with van der Waals surface area (Å²) < 4.78 is 0. The minimum Gasteiger partial charge on any atom is -0.480 e. The summed E-state index contributed by atoms with van der Waals surface area (Å²) in [6, 6.07) is -1.06. The maximum Gasteiger partial charge on any atom is 0.320 e. The molecule has 0 spiro atoms. The highest BCUT2D eigenvalue weighted by Gasteiger charge is 2.23. The average molecular weight is 204 g/mol. The molecule has 0 saturated carbocycles. The molecule has 0 aliphatic rings. The number of carboxylic acid groups (broad SMARTS) is 2. The van der Waals surface area contributed by atoms with Crippen LogP contribution in [0.4, 0.5) is 0 Å². The quantitative estimate of drug-likeness (QED) is 0.475. The Hall–Kier alpha value is -1.63. The Balaban J connectivity index is 4.45. The molecule has 1 amide bonds. The molecule has 0 rings (SSSR count). The molecule has 1 atom stereocenters. The molecule has 0 radical (unpaired) electrons. The van der Waals surface area contributed by atoms with Crippen molar-refractivity contribution >= 4 is 17.8 Å². The van der Waals surface area contributed by atoms with Gasteiger partial charge in [-0.2, -0.15) is 0 Å². The summed E-state index contributed by atoms with van der Waals surface area (Å²) in [6.07, 6.45) is 0. The third-order valence-corrected chi connectivity index (χ3v) is 1.60. The molecule has 0 aliphatic carbocycles. The number of carboxylic acids is 2.